The second kappa shape index (κ2) is 11.6. The van der Waals surface area contributed by atoms with Gasteiger partial charge in [0.2, 0.25) is 5.91 Å². The van der Waals surface area contributed by atoms with Crippen LogP contribution >= 0.6 is 0 Å². The van der Waals surface area contributed by atoms with Crippen LogP contribution in [0.25, 0.3) is 0 Å². The molecular formula is C31H34N4O4. The molecule has 2 aliphatic heterocycles. The lowest BCUT2D eigenvalue weighted by Gasteiger charge is -2.43. The minimum Gasteiger partial charge on any atom is -0.484 e. The summed E-state index contributed by atoms with van der Waals surface area (Å²) in [7, 11) is 0. The third kappa shape index (κ3) is 5.74. The second-order valence-electron chi connectivity index (χ2n) is 10.1. The smallest absolute Gasteiger partial charge is 0.260 e. The molecule has 0 saturated carbocycles. The van der Waals surface area contributed by atoms with Gasteiger partial charge >= 0.3 is 0 Å². The Morgan fingerprint density at radius 3 is 2.13 bits per heavy atom. The summed E-state index contributed by atoms with van der Waals surface area (Å²) in [5, 5.41) is 3.02. The van der Waals surface area contributed by atoms with Crippen LogP contribution in [-0.2, 0) is 14.4 Å². The van der Waals surface area contributed by atoms with Gasteiger partial charge in [-0.05, 0) is 49.6 Å². The molecule has 39 heavy (non-hydrogen) atoms. The fraction of sp³-hybridized carbons (Fsp3) is 0.323. The summed E-state index contributed by atoms with van der Waals surface area (Å²) in [5.74, 6) is 0.282. The number of benzene rings is 3. The van der Waals surface area contributed by atoms with Gasteiger partial charge in [0.25, 0.3) is 11.8 Å². The van der Waals surface area contributed by atoms with Crippen molar-refractivity contribution in [2.45, 2.75) is 31.3 Å². The molecular weight excluding hydrogens is 492 g/mol. The van der Waals surface area contributed by atoms with Crippen molar-refractivity contribution < 1.29 is 19.1 Å². The lowest BCUT2D eigenvalue weighted by molar-refractivity contribution is -0.140. The molecule has 1 unspecified atom stereocenters. The van der Waals surface area contributed by atoms with Crippen molar-refractivity contribution in [3.8, 4) is 5.75 Å². The summed E-state index contributed by atoms with van der Waals surface area (Å²) in [5.41, 5.74) is 1.14. The van der Waals surface area contributed by atoms with Crippen molar-refractivity contribution in [3.05, 3.63) is 96.6 Å². The number of hydrogen-bond donors (Lipinski definition) is 1. The first-order valence-corrected chi connectivity index (χ1v) is 13.4. The van der Waals surface area contributed by atoms with Crippen molar-refractivity contribution in [1.82, 2.24) is 15.1 Å². The summed E-state index contributed by atoms with van der Waals surface area (Å²) in [4.78, 5) is 45.3. The molecule has 2 heterocycles. The number of anilines is 1. The lowest BCUT2D eigenvalue weighted by atomic mass is 9.85. The molecule has 5 rings (SSSR count). The molecule has 3 aromatic carbocycles. The Morgan fingerprint density at radius 2 is 1.49 bits per heavy atom. The van der Waals surface area contributed by atoms with Gasteiger partial charge in [-0.1, -0.05) is 66.7 Å². The Hall–Kier alpha value is -4.33. The predicted molar refractivity (Wildman–Crippen MR) is 149 cm³/mol. The van der Waals surface area contributed by atoms with Crippen molar-refractivity contribution in [1.29, 1.82) is 0 Å². The van der Waals surface area contributed by atoms with E-state index in [2.05, 4.69) is 10.2 Å². The van der Waals surface area contributed by atoms with Crippen LogP contribution in [0.3, 0.4) is 0 Å². The second-order valence-corrected chi connectivity index (χ2v) is 10.1. The Morgan fingerprint density at radius 1 is 0.897 bits per heavy atom. The average Bonchev–Trinajstić information content (AvgIpc) is 3.23. The van der Waals surface area contributed by atoms with Crippen LogP contribution in [0.2, 0.25) is 0 Å². The standard InChI is InChI=1S/C31H34N4O4/c1-24(25-11-5-2-6-12-25)32-28(36)21-34-23-35(26-13-7-3-8-14-26)31(30(34)38)17-19-33(20-18-31)29(37)22-39-27-15-9-4-10-16-27/h2-16,24H,17-23H2,1H3,(H,32,36). The molecule has 8 heteroatoms. The molecule has 3 amide bonds. The number of carbonyl (C=O) groups excluding carboxylic acids is 3. The summed E-state index contributed by atoms with van der Waals surface area (Å²) in [6.07, 6.45) is 0.965. The number of nitrogens with zero attached hydrogens (tertiary/aromatic N) is 3. The van der Waals surface area contributed by atoms with Gasteiger partial charge in [0.15, 0.2) is 6.61 Å². The molecule has 0 aliphatic carbocycles. The summed E-state index contributed by atoms with van der Waals surface area (Å²) >= 11 is 0. The minimum atomic E-state index is -0.802. The largest absolute Gasteiger partial charge is 0.484 e. The molecule has 202 valence electrons. The van der Waals surface area contributed by atoms with Crippen LogP contribution < -0.4 is 15.0 Å². The van der Waals surface area contributed by atoms with E-state index in [4.69, 9.17) is 4.74 Å². The third-order valence-corrected chi connectivity index (χ3v) is 7.64. The number of para-hydroxylation sites is 2. The number of amides is 3. The molecule has 2 fully saturated rings. The number of carbonyl (C=O) groups is 3. The number of rotatable bonds is 8. The summed E-state index contributed by atoms with van der Waals surface area (Å²) in [6.45, 7) is 3.08. The third-order valence-electron chi connectivity index (χ3n) is 7.64. The van der Waals surface area contributed by atoms with Gasteiger partial charge in [0.1, 0.15) is 17.8 Å². The SMILES string of the molecule is CC(NC(=O)CN1CN(c2ccccc2)C2(CCN(C(=O)COc3ccccc3)CC2)C1=O)c1ccccc1. The lowest BCUT2D eigenvalue weighted by Crippen LogP contribution is -2.58. The average molecular weight is 527 g/mol. The topological polar surface area (TPSA) is 82.2 Å². The molecule has 0 radical (unpaired) electrons. The number of hydrogen-bond acceptors (Lipinski definition) is 5. The highest BCUT2D eigenvalue weighted by atomic mass is 16.5. The molecule has 1 spiro atoms. The van der Waals surface area contributed by atoms with E-state index >= 15 is 0 Å². The van der Waals surface area contributed by atoms with Crippen LogP contribution in [0.5, 0.6) is 5.75 Å². The van der Waals surface area contributed by atoms with E-state index in [9.17, 15) is 14.4 Å². The highest BCUT2D eigenvalue weighted by Crippen LogP contribution is 2.39. The normalized spacial score (nSPS) is 17.3. The maximum atomic E-state index is 13.9. The zero-order valence-corrected chi connectivity index (χ0v) is 22.2. The molecule has 3 aromatic rings. The van der Waals surface area contributed by atoms with Crippen molar-refractivity contribution in [2.75, 3.05) is 37.8 Å². The Bertz CT molecular complexity index is 1280. The monoisotopic (exact) mass is 526 g/mol. The molecule has 8 nitrogen and oxygen atoms in total. The van der Waals surface area contributed by atoms with Crippen molar-refractivity contribution in [3.63, 3.8) is 0 Å². The van der Waals surface area contributed by atoms with Crippen LogP contribution in [0.4, 0.5) is 5.69 Å². The number of piperidine rings is 1. The number of nitrogens with one attached hydrogen (secondary N) is 1. The molecule has 2 aliphatic rings. The zero-order valence-electron chi connectivity index (χ0n) is 22.2. The zero-order chi connectivity index (χ0) is 27.2. The van der Waals surface area contributed by atoms with Gasteiger partial charge in [-0.25, -0.2) is 0 Å². The highest BCUT2D eigenvalue weighted by Gasteiger charge is 2.54. The Kier molecular flexibility index (Phi) is 7.81. The first-order chi connectivity index (χ1) is 19.0. The van der Waals surface area contributed by atoms with E-state index in [1.165, 1.54) is 0 Å². The van der Waals surface area contributed by atoms with Crippen LogP contribution in [0, 0.1) is 0 Å². The van der Waals surface area contributed by atoms with Gasteiger partial charge in [0.05, 0.1) is 12.7 Å². The van der Waals surface area contributed by atoms with Crippen LogP contribution in [0.15, 0.2) is 91.0 Å². The maximum Gasteiger partial charge on any atom is 0.260 e. The summed E-state index contributed by atoms with van der Waals surface area (Å²) in [6, 6.07) is 28.7. The van der Waals surface area contributed by atoms with Gasteiger partial charge in [-0.15, -0.1) is 0 Å². The number of likely N-dealkylation sites (tertiary alicyclic amines) is 1. The van der Waals surface area contributed by atoms with Crippen LogP contribution in [-0.4, -0.2) is 66.0 Å². The van der Waals surface area contributed by atoms with E-state index in [-0.39, 0.29) is 36.9 Å². The summed E-state index contributed by atoms with van der Waals surface area (Å²) < 4.78 is 5.65. The molecule has 1 N–H and O–H groups in total. The first-order valence-electron chi connectivity index (χ1n) is 13.4. The quantitative estimate of drug-likeness (QED) is 0.485. The van der Waals surface area contributed by atoms with Crippen LogP contribution in [0.1, 0.15) is 31.4 Å². The fourth-order valence-corrected chi connectivity index (χ4v) is 5.49. The molecule has 0 bridgehead atoms. The van der Waals surface area contributed by atoms with Crippen molar-refractivity contribution in [2.24, 2.45) is 0 Å². The number of ether oxygens (including phenoxy) is 1. The fourth-order valence-electron chi connectivity index (χ4n) is 5.49. The molecule has 0 aromatic heterocycles. The van der Waals surface area contributed by atoms with E-state index in [1.54, 1.807) is 9.80 Å². The van der Waals surface area contributed by atoms with E-state index < -0.39 is 5.54 Å². The highest BCUT2D eigenvalue weighted by molar-refractivity contribution is 5.96. The van der Waals surface area contributed by atoms with Crippen molar-refractivity contribution >= 4 is 23.4 Å². The van der Waals surface area contributed by atoms with Gasteiger partial charge in [-0.3, -0.25) is 14.4 Å². The van der Waals surface area contributed by atoms with E-state index in [0.717, 1.165) is 11.3 Å². The minimum absolute atomic E-state index is 0.0192. The molecule has 1 atom stereocenters. The Balaban J connectivity index is 1.26. The van der Waals surface area contributed by atoms with Gasteiger partial charge < -0.3 is 24.8 Å². The van der Waals surface area contributed by atoms with Gasteiger partial charge in [-0.2, -0.15) is 0 Å². The Labute approximate surface area is 229 Å². The first kappa shape index (κ1) is 26.3. The van der Waals surface area contributed by atoms with E-state index in [1.807, 2.05) is 97.9 Å². The van der Waals surface area contributed by atoms with Gasteiger partial charge in [0, 0.05) is 18.8 Å². The maximum absolute atomic E-state index is 13.9. The predicted octanol–water partition coefficient (Wildman–Crippen LogP) is 3.61. The molecule has 2 saturated heterocycles. The van der Waals surface area contributed by atoms with E-state index in [0.29, 0.717) is 38.3 Å².